The number of carboxylic acid groups (broad SMARTS) is 1. The van der Waals surface area contributed by atoms with E-state index in [9.17, 15) is 9.90 Å². The summed E-state index contributed by atoms with van der Waals surface area (Å²) in [6.07, 6.45) is 6.28. The molecule has 1 saturated carbocycles. The molecule has 0 unspecified atom stereocenters. The zero-order valence-corrected chi connectivity index (χ0v) is 9.85. The fraction of sp³-hybridized carbons (Fsp3) is 0.538. The Kier molecular flexibility index (Phi) is 3.74. The first-order valence-electron chi connectivity index (χ1n) is 6.11. The van der Waals surface area contributed by atoms with Crippen LogP contribution in [0.5, 0.6) is 0 Å². The molecule has 0 atom stereocenters. The lowest BCUT2D eigenvalue weighted by molar-refractivity contribution is -0.146. The number of rotatable bonds is 4. The van der Waals surface area contributed by atoms with E-state index in [1.165, 1.54) is 0 Å². The zero-order valence-electron chi connectivity index (χ0n) is 9.85. The smallest absolute Gasteiger partial charge is 0.323 e. The molecule has 1 aliphatic rings. The van der Waals surface area contributed by atoms with Gasteiger partial charge in [0.1, 0.15) is 5.54 Å². The van der Waals surface area contributed by atoms with Gasteiger partial charge in [-0.05, 0) is 25.0 Å². The number of hydrogen-bond donors (Lipinski definition) is 2. The highest BCUT2D eigenvalue weighted by atomic mass is 16.4. The molecule has 2 N–H and O–H groups in total. The molecule has 0 saturated heterocycles. The molecule has 4 nitrogen and oxygen atoms in total. The van der Waals surface area contributed by atoms with Crippen LogP contribution in [-0.2, 0) is 11.3 Å². The second kappa shape index (κ2) is 5.27. The van der Waals surface area contributed by atoms with Gasteiger partial charge in [-0.2, -0.15) is 0 Å². The molecule has 2 rings (SSSR count). The summed E-state index contributed by atoms with van der Waals surface area (Å²) in [5.74, 6) is -0.729. The Morgan fingerprint density at radius 2 is 2.12 bits per heavy atom. The largest absolute Gasteiger partial charge is 0.480 e. The highest BCUT2D eigenvalue weighted by molar-refractivity contribution is 5.78. The molecule has 0 amide bonds. The number of nitrogens with one attached hydrogen (secondary N) is 1. The fourth-order valence-electron chi connectivity index (χ4n) is 2.38. The third kappa shape index (κ3) is 2.82. The predicted molar refractivity (Wildman–Crippen MR) is 64.5 cm³/mol. The minimum absolute atomic E-state index is 0.521. The van der Waals surface area contributed by atoms with E-state index in [1.807, 2.05) is 18.2 Å². The molecule has 1 fully saturated rings. The average Bonchev–Trinajstić information content (AvgIpc) is 2.38. The van der Waals surface area contributed by atoms with E-state index in [2.05, 4.69) is 10.3 Å². The second-order valence-electron chi connectivity index (χ2n) is 4.62. The van der Waals surface area contributed by atoms with Crippen molar-refractivity contribution in [1.29, 1.82) is 0 Å². The van der Waals surface area contributed by atoms with Gasteiger partial charge in [0.2, 0.25) is 0 Å². The van der Waals surface area contributed by atoms with Gasteiger partial charge in [-0.1, -0.05) is 25.3 Å². The van der Waals surface area contributed by atoms with Crippen molar-refractivity contribution in [1.82, 2.24) is 10.3 Å². The van der Waals surface area contributed by atoms with Crippen LogP contribution in [0.4, 0.5) is 0 Å². The van der Waals surface area contributed by atoms with Gasteiger partial charge in [-0.15, -0.1) is 0 Å². The summed E-state index contributed by atoms with van der Waals surface area (Å²) in [6, 6.07) is 5.68. The van der Waals surface area contributed by atoms with Gasteiger partial charge >= 0.3 is 5.97 Å². The Hall–Kier alpha value is -1.42. The Morgan fingerprint density at radius 3 is 2.71 bits per heavy atom. The molecule has 1 aromatic heterocycles. The van der Waals surface area contributed by atoms with Crippen molar-refractivity contribution in [3.63, 3.8) is 0 Å². The summed E-state index contributed by atoms with van der Waals surface area (Å²) in [7, 11) is 0. The van der Waals surface area contributed by atoms with Crippen molar-refractivity contribution in [3.8, 4) is 0 Å². The molecule has 0 aromatic carbocycles. The van der Waals surface area contributed by atoms with E-state index in [0.29, 0.717) is 6.54 Å². The Bertz CT molecular complexity index is 372. The van der Waals surface area contributed by atoms with Crippen LogP contribution < -0.4 is 5.32 Å². The third-order valence-electron chi connectivity index (χ3n) is 3.45. The lowest BCUT2D eigenvalue weighted by atomic mass is 9.81. The van der Waals surface area contributed by atoms with Gasteiger partial charge in [0.05, 0.1) is 5.69 Å². The van der Waals surface area contributed by atoms with Gasteiger partial charge in [0, 0.05) is 12.7 Å². The van der Waals surface area contributed by atoms with Crippen LogP contribution in [0.1, 0.15) is 37.8 Å². The van der Waals surface area contributed by atoms with Crippen LogP contribution in [0.3, 0.4) is 0 Å². The van der Waals surface area contributed by atoms with Crippen LogP contribution in [0.2, 0.25) is 0 Å². The first kappa shape index (κ1) is 12.0. The second-order valence-corrected chi connectivity index (χ2v) is 4.62. The number of hydrogen-bond acceptors (Lipinski definition) is 3. The lowest BCUT2D eigenvalue weighted by Crippen LogP contribution is -2.52. The minimum Gasteiger partial charge on any atom is -0.480 e. The van der Waals surface area contributed by atoms with E-state index >= 15 is 0 Å². The van der Waals surface area contributed by atoms with Gasteiger partial charge in [-0.3, -0.25) is 15.1 Å². The zero-order chi connectivity index (χ0) is 12.1. The Balaban J connectivity index is 2.01. The lowest BCUT2D eigenvalue weighted by Gasteiger charge is -2.34. The highest BCUT2D eigenvalue weighted by Crippen LogP contribution is 2.28. The van der Waals surface area contributed by atoms with Crippen molar-refractivity contribution in [2.75, 3.05) is 0 Å². The molecule has 4 heteroatoms. The van der Waals surface area contributed by atoms with Crippen molar-refractivity contribution in [3.05, 3.63) is 30.1 Å². The van der Waals surface area contributed by atoms with Crippen molar-refractivity contribution < 1.29 is 9.90 Å². The summed E-state index contributed by atoms with van der Waals surface area (Å²) < 4.78 is 0. The molecule has 0 aliphatic heterocycles. The van der Waals surface area contributed by atoms with E-state index in [4.69, 9.17) is 0 Å². The van der Waals surface area contributed by atoms with E-state index in [1.54, 1.807) is 6.20 Å². The van der Waals surface area contributed by atoms with E-state index in [-0.39, 0.29) is 0 Å². The van der Waals surface area contributed by atoms with Crippen molar-refractivity contribution in [2.45, 2.75) is 44.2 Å². The number of nitrogens with zero attached hydrogens (tertiary/aromatic N) is 1. The molecule has 0 radical (unpaired) electrons. The number of pyridine rings is 1. The topological polar surface area (TPSA) is 62.2 Å². The first-order chi connectivity index (χ1) is 8.23. The average molecular weight is 234 g/mol. The molecule has 1 aliphatic carbocycles. The van der Waals surface area contributed by atoms with E-state index in [0.717, 1.165) is 37.8 Å². The van der Waals surface area contributed by atoms with Crippen LogP contribution in [0.15, 0.2) is 24.4 Å². The normalized spacial score (nSPS) is 18.8. The van der Waals surface area contributed by atoms with Gasteiger partial charge in [0.15, 0.2) is 0 Å². The summed E-state index contributed by atoms with van der Waals surface area (Å²) in [4.78, 5) is 15.6. The maximum Gasteiger partial charge on any atom is 0.323 e. The summed E-state index contributed by atoms with van der Waals surface area (Å²) in [6.45, 7) is 0.521. The molecular formula is C13H18N2O2. The summed E-state index contributed by atoms with van der Waals surface area (Å²) >= 11 is 0. The molecule has 0 bridgehead atoms. The first-order valence-corrected chi connectivity index (χ1v) is 6.11. The van der Waals surface area contributed by atoms with Crippen molar-refractivity contribution >= 4 is 5.97 Å². The maximum absolute atomic E-state index is 11.4. The van der Waals surface area contributed by atoms with E-state index < -0.39 is 11.5 Å². The van der Waals surface area contributed by atoms with Crippen LogP contribution in [0.25, 0.3) is 0 Å². The monoisotopic (exact) mass is 234 g/mol. The van der Waals surface area contributed by atoms with Crippen molar-refractivity contribution in [2.24, 2.45) is 0 Å². The van der Waals surface area contributed by atoms with Crippen LogP contribution >= 0.6 is 0 Å². The molecule has 92 valence electrons. The number of carbonyl (C=O) groups is 1. The third-order valence-corrected chi connectivity index (χ3v) is 3.45. The number of aliphatic carboxylic acids is 1. The van der Waals surface area contributed by atoms with Gasteiger partial charge in [0.25, 0.3) is 0 Å². The SMILES string of the molecule is O=C(O)C1(NCc2ccccn2)CCCCC1. The fourth-order valence-corrected chi connectivity index (χ4v) is 2.38. The minimum atomic E-state index is -0.740. The molecule has 17 heavy (non-hydrogen) atoms. The van der Waals surface area contributed by atoms with Gasteiger partial charge < -0.3 is 5.11 Å². The highest BCUT2D eigenvalue weighted by Gasteiger charge is 2.38. The van der Waals surface area contributed by atoms with Crippen LogP contribution in [-0.4, -0.2) is 21.6 Å². The van der Waals surface area contributed by atoms with Gasteiger partial charge in [-0.25, -0.2) is 0 Å². The molecular weight excluding hydrogens is 216 g/mol. The van der Waals surface area contributed by atoms with Crippen LogP contribution in [0, 0.1) is 0 Å². The Morgan fingerprint density at radius 1 is 1.35 bits per heavy atom. The molecule has 1 heterocycles. The standard InChI is InChI=1S/C13H18N2O2/c16-12(17)13(7-3-1-4-8-13)15-10-11-6-2-5-9-14-11/h2,5-6,9,15H,1,3-4,7-8,10H2,(H,16,17). The molecule has 0 spiro atoms. The Labute approximate surface area is 101 Å². The predicted octanol–water partition coefficient (Wildman–Crippen LogP) is 1.96. The summed E-state index contributed by atoms with van der Waals surface area (Å²) in [5, 5.41) is 12.6. The quantitative estimate of drug-likeness (QED) is 0.836. The number of aromatic nitrogens is 1. The number of carboxylic acids is 1. The molecule has 1 aromatic rings. The maximum atomic E-state index is 11.4. The summed E-state index contributed by atoms with van der Waals surface area (Å²) in [5.41, 5.74) is 0.147.